The topological polar surface area (TPSA) is 49.8 Å². The minimum absolute atomic E-state index is 0.0146. The standard InChI is InChI=1S/C13H16F3NO3/c1-2-17(8-11(18)13(14,15)16)12(19)20-9-10-6-4-3-5-7-10/h3-7,11,18H,2,8-9H2,1H3. The Morgan fingerprint density at radius 1 is 1.35 bits per heavy atom. The first-order valence-electron chi connectivity index (χ1n) is 6.05. The maximum atomic E-state index is 12.2. The molecule has 0 aliphatic rings. The number of rotatable bonds is 5. The summed E-state index contributed by atoms with van der Waals surface area (Å²) in [6.45, 7) is 0.652. The van der Waals surface area contributed by atoms with Crippen LogP contribution in [-0.4, -0.2) is 41.5 Å². The summed E-state index contributed by atoms with van der Waals surface area (Å²) in [6.07, 6.45) is -8.22. The fourth-order valence-corrected chi connectivity index (χ4v) is 1.46. The van der Waals surface area contributed by atoms with E-state index < -0.39 is 24.9 Å². The van der Waals surface area contributed by atoms with Gasteiger partial charge in [0.2, 0.25) is 0 Å². The van der Waals surface area contributed by atoms with E-state index in [-0.39, 0.29) is 13.2 Å². The lowest BCUT2D eigenvalue weighted by molar-refractivity contribution is -0.206. The molecule has 1 aromatic carbocycles. The lowest BCUT2D eigenvalue weighted by Crippen LogP contribution is -2.43. The molecule has 1 N–H and O–H groups in total. The van der Waals surface area contributed by atoms with Crippen molar-refractivity contribution >= 4 is 6.09 Å². The van der Waals surface area contributed by atoms with Crippen molar-refractivity contribution in [1.82, 2.24) is 4.90 Å². The van der Waals surface area contributed by atoms with Crippen LogP contribution in [0.4, 0.5) is 18.0 Å². The fraction of sp³-hybridized carbons (Fsp3) is 0.462. The Kier molecular flexibility index (Phi) is 5.82. The van der Waals surface area contributed by atoms with Crippen LogP contribution in [0.1, 0.15) is 12.5 Å². The van der Waals surface area contributed by atoms with Crippen molar-refractivity contribution in [2.45, 2.75) is 25.8 Å². The first-order chi connectivity index (χ1) is 9.34. The summed E-state index contributed by atoms with van der Waals surface area (Å²) in [6, 6.07) is 8.77. The molecule has 1 aromatic rings. The molecule has 0 spiro atoms. The van der Waals surface area contributed by atoms with Crippen LogP contribution < -0.4 is 0 Å². The summed E-state index contributed by atoms with van der Waals surface area (Å²) >= 11 is 0. The van der Waals surface area contributed by atoms with Crippen molar-refractivity contribution in [2.75, 3.05) is 13.1 Å². The Morgan fingerprint density at radius 3 is 2.45 bits per heavy atom. The van der Waals surface area contributed by atoms with Crippen LogP contribution in [-0.2, 0) is 11.3 Å². The second-order valence-corrected chi connectivity index (χ2v) is 4.14. The van der Waals surface area contributed by atoms with E-state index in [2.05, 4.69) is 0 Å². The largest absolute Gasteiger partial charge is 0.445 e. The van der Waals surface area contributed by atoms with Gasteiger partial charge in [-0.2, -0.15) is 13.2 Å². The molecule has 1 atom stereocenters. The predicted molar refractivity (Wildman–Crippen MR) is 65.9 cm³/mol. The number of alkyl halides is 3. The van der Waals surface area contributed by atoms with Crippen LogP contribution in [0.5, 0.6) is 0 Å². The van der Waals surface area contributed by atoms with Crippen molar-refractivity contribution in [3.05, 3.63) is 35.9 Å². The molecule has 0 saturated carbocycles. The van der Waals surface area contributed by atoms with E-state index in [0.29, 0.717) is 0 Å². The molecule has 4 nitrogen and oxygen atoms in total. The maximum absolute atomic E-state index is 12.2. The summed E-state index contributed by atoms with van der Waals surface area (Å²) in [5.41, 5.74) is 0.730. The average Bonchev–Trinajstić information content (AvgIpc) is 2.41. The zero-order chi connectivity index (χ0) is 15.2. The molecular weight excluding hydrogens is 275 g/mol. The number of hydrogen-bond donors (Lipinski definition) is 1. The van der Waals surface area contributed by atoms with Crippen LogP contribution in [0.25, 0.3) is 0 Å². The van der Waals surface area contributed by atoms with Gasteiger partial charge in [-0.05, 0) is 12.5 Å². The fourth-order valence-electron chi connectivity index (χ4n) is 1.46. The van der Waals surface area contributed by atoms with Gasteiger partial charge in [-0.1, -0.05) is 30.3 Å². The van der Waals surface area contributed by atoms with Crippen molar-refractivity contribution in [3.8, 4) is 0 Å². The zero-order valence-electron chi connectivity index (χ0n) is 10.9. The van der Waals surface area contributed by atoms with E-state index in [4.69, 9.17) is 9.84 Å². The number of amides is 1. The minimum atomic E-state index is -4.76. The number of nitrogens with zero attached hydrogens (tertiary/aromatic N) is 1. The second kappa shape index (κ2) is 7.14. The molecule has 112 valence electrons. The Hall–Kier alpha value is -1.76. The zero-order valence-corrected chi connectivity index (χ0v) is 10.9. The van der Waals surface area contributed by atoms with Crippen LogP contribution in [0.3, 0.4) is 0 Å². The van der Waals surface area contributed by atoms with Crippen molar-refractivity contribution in [3.63, 3.8) is 0 Å². The van der Waals surface area contributed by atoms with E-state index in [0.717, 1.165) is 10.5 Å². The van der Waals surface area contributed by atoms with Gasteiger partial charge in [-0.15, -0.1) is 0 Å². The van der Waals surface area contributed by atoms with E-state index in [1.54, 1.807) is 30.3 Å². The number of likely N-dealkylation sites (N-methyl/N-ethyl adjacent to an activating group) is 1. The van der Waals surface area contributed by atoms with Crippen molar-refractivity contribution in [1.29, 1.82) is 0 Å². The number of carbonyl (C=O) groups is 1. The van der Waals surface area contributed by atoms with Gasteiger partial charge in [0.1, 0.15) is 6.61 Å². The molecular formula is C13H16F3NO3. The number of carbonyl (C=O) groups excluding carboxylic acids is 1. The smallest absolute Gasteiger partial charge is 0.416 e. The highest BCUT2D eigenvalue weighted by molar-refractivity contribution is 5.67. The Balaban J connectivity index is 2.51. The van der Waals surface area contributed by atoms with Gasteiger partial charge in [0.15, 0.2) is 6.10 Å². The number of aliphatic hydroxyl groups excluding tert-OH is 1. The molecule has 0 aromatic heterocycles. The predicted octanol–water partition coefficient (Wildman–Crippen LogP) is 2.57. The third-order valence-electron chi connectivity index (χ3n) is 2.62. The Bertz CT molecular complexity index is 423. The molecule has 0 fully saturated rings. The molecule has 7 heteroatoms. The minimum Gasteiger partial charge on any atom is -0.445 e. The first-order valence-corrected chi connectivity index (χ1v) is 6.05. The van der Waals surface area contributed by atoms with Gasteiger partial charge < -0.3 is 14.7 Å². The van der Waals surface area contributed by atoms with E-state index in [9.17, 15) is 18.0 Å². The number of hydrogen-bond acceptors (Lipinski definition) is 3. The lowest BCUT2D eigenvalue weighted by Gasteiger charge is -2.24. The summed E-state index contributed by atoms with van der Waals surface area (Å²) in [7, 11) is 0. The second-order valence-electron chi connectivity index (χ2n) is 4.14. The van der Waals surface area contributed by atoms with Gasteiger partial charge in [0.25, 0.3) is 0 Å². The van der Waals surface area contributed by atoms with Gasteiger partial charge in [-0.3, -0.25) is 0 Å². The first kappa shape index (κ1) is 16.3. The maximum Gasteiger partial charge on any atom is 0.416 e. The van der Waals surface area contributed by atoms with E-state index in [1.165, 1.54) is 6.92 Å². The monoisotopic (exact) mass is 291 g/mol. The highest BCUT2D eigenvalue weighted by Crippen LogP contribution is 2.21. The van der Waals surface area contributed by atoms with Gasteiger partial charge >= 0.3 is 12.3 Å². The molecule has 0 heterocycles. The molecule has 20 heavy (non-hydrogen) atoms. The summed E-state index contributed by atoms with van der Waals surface area (Å²) in [4.78, 5) is 12.4. The van der Waals surface area contributed by atoms with Crippen LogP contribution >= 0.6 is 0 Å². The third-order valence-corrected chi connectivity index (χ3v) is 2.62. The number of benzene rings is 1. The average molecular weight is 291 g/mol. The normalized spacial score (nSPS) is 12.8. The summed E-state index contributed by atoms with van der Waals surface area (Å²) in [5, 5.41) is 8.95. The molecule has 1 rings (SSSR count). The molecule has 0 saturated heterocycles. The van der Waals surface area contributed by atoms with Crippen molar-refractivity contribution in [2.24, 2.45) is 0 Å². The molecule has 1 amide bonds. The molecule has 0 aliphatic carbocycles. The molecule has 0 bridgehead atoms. The third kappa shape index (κ3) is 5.08. The van der Waals surface area contributed by atoms with Gasteiger partial charge in [0, 0.05) is 6.54 Å². The van der Waals surface area contributed by atoms with E-state index in [1.807, 2.05) is 0 Å². The van der Waals surface area contributed by atoms with Crippen LogP contribution in [0.2, 0.25) is 0 Å². The van der Waals surface area contributed by atoms with E-state index >= 15 is 0 Å². The molecule has 0 radical (unpaired) electrons. The quantitative estimate of drug-likeness (QED) is 0.907. The Morgan fingerprint density at radius 2 is 1.95 bits per heavy atom. The summed E-state index contributed by atoms with van der Waals surface area (Å²) in [5.74, 6) is 0. The van der Waals surface area contributed by atoms with Gasteiger partial charge in [-0.25, -0.2) is 4.79 Å². The van der Waals surface area contributed by atoms with Crippen molar-refractivity contribution < 1.29 is 27.8 Å². The van der Waals surface area contributed by atoms with Crippen LogP contribution in [0.15, 0.2) is 30.3 Å². The number of ether oxygens (including phenoxy) is 1. The molecule has 0 aliphatic heterocycles. The van der Waals surface area contributed by atoms with Crippen LogP contribution in [0, 0.1) is 0 Å². The highest BCUT2D eigenvalue weighted by atomic mass is 19.4. The Labute approximate surface area is 114 Å². The number of halogens is 3. The molecule has 1 unspecified atom stereocenters. The van der Waals surface area contributed by atoms with Gasteiger partial charge in [0.05, 0.1) is 6.54 Å². The lowest BCUT2D eigenvalue weighted by atomic mass is 10.2. The highest BCUT2D eigenvalue weighted by Gasteiger charge is 2.40. The SMILES string of the molecule is CCN(CC(O)C(F)(F)F)C(=O)OCc1ccccc1. The number of aliphatic hydroxyl groups is 1. The summed E-state index contributed by atoms with van der Waals surface area (Å²) < 4.78 is 41.6.